The van der Waals surface area contributed by atoms with E-state index in [1.54, 1.807) is 0 Å². The van der Waals surface area contributed by atoms with Gasteiger partial charge in [-0.2, -0.15) is 0 Å². The van der Waals surface area contributed by atoms with E-state index in [4.69, 9.17) is 4.42 Å². The van der Waals surface area contributed by atoms with Crippen molar-refractivity contribution >= 4 is 96.5 Å². The minimum atomic E-state index is 0.927. The van der Waals surface area contributed by atoms with Crippen LogP contribution < -0.4 is 0 Å². The van der Waals surface area contributed by atoms with Crippen molar-refractivity contribution in [2.24, 2.45) is 0 Å². The van der Waals surface area contributed by atoms with Crippen LogP contribution >= 0.6 is 11.3 Å². The van der Waals surface area contributed by atoms with Crippen LogP contribution in [0, 0.1) is 0 Å². The van der Waals surface area contributed by atoms with Crippen molar-refractivity contribution in [3.8, 4) is 33.4 Å². The van der Waals surface area contributed by atoms with Crippen molar-refractivity contribution in [2.45, 2.75) is 0 Å². The molecule has 54 heavy (non-hydrogen) atoms. The van der Waals surface area contributed by atoms with Gasteiger partial charge in [0.05, 0.1) is 0 Å². The molecule has 0 aliphatic carbocycles. The highest BCUT2D eigenvalue weighted by Gasteiger charge is 2.24. The second kappa shape index (κ2) is 11.4. The van der Waals surface area contributed by atoms with Crippen molar-refractivity contribution in [3.63, 3.8) is 0 Å². The van der Waals surface area contributed by atoms with Crippen LogP contribution in [-0.2, 0) is 0 Å². The SMILES string of the molecule is c1cc(-c2ccc3ccccc3c2)cc(-c2c3ccccc3c(-c3cc4oc5c6ccccc6ccc5c4c4sc5ccccc5c34)c3ccccc23)c1. The molecular formula is C52H30OS. The first-order valence-electron chi connectivity index (χ1n) is 18.5. The van der Waals surface area contributed by atoms with E-state index in [0.29, 0.717) is 0 Å². The number of furan rings is 1. The van der Waals surface area contributed by atoms with Gasteiger partial charge >= 0.3 is 0 Å². The summed E-state index contributed by atoms with van der Waals surface area (Å²) in [6.07, 6.45) is 0. The van der Waals surface area contributed by atoms with Gasteiger partial charge < -0.3 is 4.42 Å². The summed E-state index contributed by atoms with van der Waals surface area (Å²) in [6, 6.07) is 66.6. The first kappa shape index (κ1) is 29.8. The largest absolute Gasteiger partial charge is 0.455 e. The summed E-state index contributed by atoms with van der Waals surface area (Å²) < 4.78 is 9.50. The topological polar surface area (TPSA) is 13.1 Å². The summed E-state index contributed by atoms with van der Waals surface area (Å²) in [7, 11) is 0. The monoisotopic (exact) mass is 702 g/mol. The van der Waals surface area contributed by atoms with Crippen LogP contribution in [0.25, 0.3) is 119 Å². The van der Waals surface area contributed by atoms with E-state index in [1.807, 2.05) is 11.3 Å². The quantitative estimate of drug-likeness (QED) is 0.167. The molecule has 0 aliphatic heterocycles. The predicted molar refractivity (Wildman–Crippen MR) is 233 cm³/mol. The van der Waals surface area contributed by atoms with Gasteiger partial charge in [0.1, 0.15) is 11.2 Å². The maximum absolute atomic E-state index is 6.94. The van der Waals surface area contributed by atoms with Crippen LogP contribution in [0.15, 0.2) is 186 Å². The maximum Gasteiger partial charge on any atom is 0.143 e. The molecule has 0 bridgehead atoms. The van der Waals surface area contributed by atoms with Gasteiger partial charge in [-0.25, -0.2) is 0 Å². The molecule has 0 fully saturated rings. The van der Waals surface area contributed by atoms with E-state index in [2.05, 4.69) is 182 Å². The first-order valence-corrected chi connectivity index (χ1v) is 19.3. The van der Waals surface area contributed by atoms with Crippen molar-refractivity contribution in [3.05, 3.63) is 182 Å². The third-order valence-electron chi connectivity index (χ3n) is 11.4. The van der Waals surface area contributed by atoms with E-state index < -0.39 is 0 Å². The molecule has 1 nitrogen and oxygen atoms in total. The molecule has 0 radical (unpaired) electrons. The Balaban J connectivity index is 1.18. The second-order valence-corrected chi connectivity index (χ2v) is 15.4. The summed E-state index contributed by atoms with van der Waals surface area (Å²) in [5.74, 6) is 0. The minimum Gasteiger partial charge on any atom is -0.455 e. The fourth-order valence-electron chi connectivity index (χ4n) is 9.02. The summed E-state index contributed by atoms with van der Waals surface area (Å²) in [4.78, 5) is 0. The third kappa shape index (κ3) is 4.26. The lowest BCUT2D eigenvalue weighted by atomic mass is 9.84. The first-order chi connectivity index (χ1) is 26.8. The van der Waals surface area contributed by atoms with E-state index in [1.165, 1.54) is 102 Å². The highest BCUT2D eigenvalue weighted by Crippen LogP contribution is 2.51. The summed E-state index contributed by atoms with van der Waals surface area (Å²) in [5, 5.41) is 14.7. The standard InChI is InChI=1S/C52H30OS/c1-2-14-33-28-35(25-24-31(33)12-1)34-15-11-16-36(29-34)47-38-18-5-7-20-40(38)48(41-21-8-6-19-39(41)47)44-30-45-50(52-49(44)42-22-9-10-23-46(42)54-52)43-27-26-32-13-3-4-17-37(32)51(43)53-45/h1-30H. The van der Waals surface area contributed by atoms with Crippen molar-refractivity contribution in [1.29, 1.82) is 0 Å². The zero-order chi connectivity index (χ0) is 35.3. The van der Waals surface area contributed by atoms with Crippen molar-refractivity contribution in [1.82, 2.24) is 0 Å². The Labute approximate surface area is 314 Å². The number of fused-ring (bicyclic) bond motifs is 12. The molecule has 12 rings (SSSR count). The molecule has 0 aliphatic rings. The molecular weight excluding hydrogens is 673 g/mol. The summed E-state index contributed by atoms with van der Waals surface area (Å²) in [6.45, 7) is 0. The molecule has 0 unspecified atom stereocenters. The van der Waals surface area contributed by atoms with Gasteiger partial charge in [0.2, 0.25) is 0 Å². The lowest BCUT2D eigenvalue weighted by Gasteiger charge is -2.19. The van der Waals surface area contributed by atoms with Crippen LogP contribution in [0.5, 0.6) is 0 Å². The predicted octanol–water partition coefficient (Wildman–Crippen LogP) is 15.6. The fraction of sp³-hybridized carbons (Fsp3) is 0. The Hall–Kier alpha value is -6.74. The molecule has 0 saturated heterocycles. The van der Waals surface area contributed by atoms with Gasteiger partial charge in [0.25, 0.3) is 0 Å². The van der Waals surface area contributed by atoms with Crippen LogP contribution in [0.2, 0.25) is 0 Å². The molecule has 2 heterocycles. The molecule has 12 aromatic rings. The van der Waals surface area contributed by atoms with E-state index in [-0.39, 0.29) is 0 Å². The molecule has 0 amide bonds. The van der Waals surface area contributed by atoms with Crippen LogP contribution in [0.4, 0.5) is 0 Å². The van der Waals surface area contributed by atoms with Crippen LogP contribution in [0.3, 0.4) is 0 Å². The highest BCUT2D eigenvalue weighted by molar-refractivity contribution is 7.27. The molecule has 2 aromatic heterocycles. The Morgan fingerprint density at radius 3 is 1.72 bits per heavy atom. The minimum absolute atomic E-state index is 0.927. The zero-order valence-electron chi connectivity index (χ0n) is 29.1. The number of thiophene rings is 1. The van der Waals surface area contributed by atoms with Gasteiger partial charge in [0.15, 0.2) is 0 Å². The average molecular weight is 703 g/mol. The molecule has 0 atom stereocenters. The fourth-order valence-corrected chi connectivity index (χ4v) is 10.3. The smallest absolute Gasteiger partial charge is 0.143 e. The van der Waals surface area contributed by atoms with Gasteiger partial charge in [-0.1, -0.05) is 152 Å². The molecule has 0 saturated carbocycles. The van der Waals surface area contributed by atoms with Gasteiger partial charge in [-0.05, 0) is 101 Å². The third-order valence-corrected chi connectivity index (χ3v) is 12.6. The lowest BCUT2D eigenvalue weighted by Crippen LogP contribution is -1.92. The maximum atomic E-state index is 6.94. The lowest BCUT2D eigenvalue weighted by molar-refractivity contribution is 0.673. The van der Waals surface area contributed by atoms with Crippen LogP contribution in [-0.4, -0.2) is 0 Å². The average Bonchev–Trinajstić information content (AvgIpc) is 3.81. The molecule has 10 aromatic carbocycles. The van der Waals surface area contributed by atoms with Gasteiger partial charge in [0, 0.05) is 36.3 Å². The normalized spacial score (nSPS) is 12.1. The molecule has 250 valence electrons. The van der Waals surface area contributed by atoms with Crippen molar-refractivity contribution < 1.29 is 4.42 Å². The Morgan fingerprint density at radius 2 is 0.944 bits per heavy atom. The Morgan fingerprint density at radius 1 is 0.352 bits per heavy atom. The van der Waals surface area contributed by atoms with E-state index in [9.17, 15) is 0 Å². The molecule has 2 heteroatoms. The zero-order valence-corrected chi connectivity index (χ0v) is 30.0. The molecule has 0 N–H and O–H groups in total. The number of hydrogen-bond acceptors (Lipinski definition) is 2. The van der Waals surface area contributed by atoms with E-state index >= 15 is 0 Å². The number of rotatable bonds is 3. The summed E-state index contributed by atoms with van der Waals surface area (Å²) >= 11 is 1.88. The van der Waals surface area contributed by atoms with Gasteiger partial charge in [-0.3, -0.25) is 0 Å². The Kier molecular flexibility index (Phi) is 6.28. The number of benzene rings is 10. The van der Waals surface area contributed by atoms with Gasteiger partial charge in [-0.15, -0.1) is 11.3 Å². The molecule has 0 spiro atoms. The van der Waals surface area contributed by atoms with E-state index in [0.717, 1.165) is 16.6 Å². The second-order valence-electron chi connectivity index (χ2n) is 14.3. The van der Waals surface area contributed by atoms with Crippen molar-refractivity contribution in [2.75, 3.05) is 0 Å². The number of hydrogen-bond donors (Lipinski definition) is 0. The highest BCUT2D eigenvalue weighted by atomic mass is 32.1. The van der Waals surface area contributed by atoms with Crippen LogP contribution in [0.1, 0.15) is 0 Å². The Bertz CT molecular complexity index is 3450. The summed E-state index contributed by atoms with van der Waals surface area (Å²) in [5.41, 5.74) is 9.24.